The zero-order valence-corrected chi connectivity index (χ0v) is 9.98. The van der Waals surface area contributed by atoms with Crippen LogP contribution in [0, 0.1) is 0 Å². The van der Waals surface area contributed by atoms with Crippen LogP contribution in [0.2, 0.25) is 0 Å². The van der Waals surface area contributed by atoms with Crippen LogP contribution in [0.15, 0.2) is 18.3 Å². The second-order valence-corrected chi connectivity index (χ2v) is 4.40. The van der Waals surface area contributed by atoms with Crippen molar-refractivity contribution in [1.82, 2.24) is 4.98 Å². The van der Waals surface area contributed by atoms with Crippen LogP contribution in [0.5, 0.6) is 0 Å². The van der Waals surface area contributed by atoms with Crippen molar-refractivity contribution in [2.75, 3.05) is 5.73 Å². The van der Waals surface area contributed by atoms with E-state index in [1.807, 2.05) is 12.1 Å². The maximum atomic E-state index is 5.66. The van der Waals surface area contributed by atoms with Crippen LogP contribution < -0.4 is 5.73 Å². The third kappa shape index (κ3) is 5.36. The van der Waals surface area contributed by atoms with E-state index in [0.717, 1.165) is 11.4 Å². The second-order valence-electron chi connectivity index (χ2n) is 2.68. The summed E-state index contributed by atoms with van der Waals surface area (Å²) in [7, 11) is 9.47. The predicted octanol–water partition coefficient (Wildman–Crippen LogP) is 3.16. The summed E-state index contributed by atoms with van der Waals surface area (Å²) >= 11 is 0.382. The first kappa shape index (κ1) is 13.0. The standard InChI is InChI=1S/C8H12N2.2ClH.Co/c1-6(2)8-7(9)4-3-5-10-8;;;/h3-6H,9H2,1-2H3;2*1H;/q;;;+2/p-2. The first-order valence-corrected chi connectivity index (χ1v) is 6.54. The van der Waals surface area contributed by atoms with Crippen LogP contribution >= 0.6 is 20.3 Å². The van der Waals surface area contributed by atoms with Gasteiger partial charge in [-0.1, -0.05) is 13.8 Å². The first-order chi connectivity index (χ1) is 6.13. The molecule has 1 rings (SSSR count). The fraction of sp³-hybridized carbons (Fsp3) is 0.375. The van der Waals surface area contributed by atoms with E-state index < -0.39 is 0 Å². The molecule has 0 amide bonds. The summed E-state index contributed by atoms with van der Waals surface area (Å²) < 4.78 is 0. The Morgan fingerprint density at radius 3 is 2.31 bits per heavy atom. The van der Waals surface area contributed by atoms with Crippen molar-refractivity contribution < 1.29 is 12.9 Å². The quantitative estimate of drug-likeness (QED) is 0.847. The number of nitrogens with zero attached hydrogens (tertiary/aromatic N) is 1. The fourth-order valence-electron chi connectivity index (χ4n) is 0.912. The predicted molar refractivity (Wildman–Crippen MR) is 54.4 cm³/mol. The van der Waals surface area contributed by atoms with Gasteiger partial charge in [0, 0.05) is 6.20 Å². The molecule has 0 aliphatic rings. The van der Waals surface area contributed by atoms with Crippen molar-refractivity contribution in [3.63, 3.8) is 0 Å². The van der Waals surface area contributed by atoms with Gasteiger partial charge in [-0.15, -0.1) is 0 Å². The molecule has 2 N–H and O–H groups in total. The summed E-state index contributed by atoms with van der Waals surface area (Å²) in [6.07, 6.45) is 1.77. The molecule has 0 aromatic carbocycles. The average molecular weight is 266 g/mol. The number of halogens is 2. The number of nitrogen functional groups attached to an aromatic ring is 1. The normalized spacial score (nSPS) is 9.62. The topological polar surface area (TPSA) is 38.9 Å². The monoisotopic (exact) mass is 265 g/mol. The third-order valence-corrected chi connectivity index (χ3v) is 1.42. The van der Waals surface area contributed by atoms with Gasteiger partial charge in [0.25, 0.3) is 0 Å². The van der Waals surface area contributed by atoms with Gasteiger partial charge in [-0.05, 0) is 18.1 Å². The minimum atomic E-state index is 0.382. The van der Waals surface area contributed by atoms with E-state index >= 15 is 0 Å². The van der Waals surface area contributed by atoms with Gasteiger partial charge in [0.15, 0.2) is 0 Å². The molecule has 1 aromatic heterocycles. The molecule has 0 aliphatic heterocycles. The van der Waals surface area contributed by atoms with Crippen LogP contribution in [0.25, 0.3) is 0 Å². The maximum absolute atomic E-state index is 5.66. The van der Waals surface area contributed by atoms with Crippen LogP contribution in [0.3, 0.4) is 0 Å². The summed E-state index contributed by atoms with van der Waals surface area (Å²) in [6, 6.07) is 3.73. The van der Waals surface area contributed by atoms with Crippen molar-refractivity contribution in [3.8, 4) is 0 Å². The Hall–Kier alpha value is 0.0365. The third-order valence-electron chi connectivity index (χ3n) is 1.42. The Balaban J connectivity index is 0.000000424. The van der Waals surface area contributed by atoms with Gasteiger partial charge in [0.2, 0.25) is 0 Å². The molecule has 13 heavy (non-hydrogen) atoms. The minimum absolute atomic E-state index is 0.382. The second kappa shape index (κ2) is 7.44. The Kier molecular flexibility index (Phi) is 7.46. The van der Waals surface area contributed by atoms with Gasteiger partial charge in [-0.25, -0.2) is 0 Å². The van der Waals surface area contributed by atoms with Gasteiger partial charge >= 0.3 is 33.2 Å². The average Bonchev–Trinajstić information content (AvgIpc) is 2.06. The van der Waals surface area contributed by atoms with E-state index in [1.165, 1.54) is 0 Å². The molecule has 0 saturated carbocycles. The van der Waals surface area contributed by atoms with E-state index in [-0.39, 0.29) is 0 Å². The molecular formula is C8H12Cl2CoN2. The van der Waals surface area contributed by atoms with Crippen LogP contribution in [-0.4, -0.2) is 4.98 Å². The summed E-state index contributed by atoms with van der Waals surface area (Å²) in [5, 5.41) is 0. The van der Waals surface area contributed by atoms with E-state index in [9.17, 15) is 0 Å². The van der Waals surface area contributed by atoms with Crippen molar-refractivity contribution >= 4 is 26.0 Å². The molecule has 0 saturated heterocycles. The molecule has 0 fully saturated rings. The van der Waals surface area contributed by atoms with Gasteiger partial charge in [-0.3, -0.25) is 4.98 Å². The summed E-state index contributed by atoms with van der Waals surface area (Å²) in [4.78, 5) is 4.15. The van der Waals surface area contributed by atoms with Crippen molar-refractivity contribution in [1.29, 1.82) is 0 Å². The Morgan fingerprint density at radius 1 is 1.46 bits per heavy atom. The Labute approximate surface area is 93.3 Å². The van der Waals surface area contributed by atoms with Gasteiger partial charge in [-0.2, -0.15) is 0 Å². The fourth-order valence-corrected chi connectivity index (χ4v) is 0.912. The molecule has 0 unspecified atom stereocenters. The van der Waals surface area contributed by atoms with Crippen molar-refractivity contribution in [2.45, 2.75) is 19.8 Å². The Bertz CT molecular complexity index is 243. The molecule has 0 bridgehead atoms. The van der Waals surface area contributed by atoms with E-state index in [2.05, 4.69) is 18.8 Å². The van der Waals surface area contributed by atoms with Gasteiger partial charge in [0.05, 0.1) is 11.4 Å². The first-order valence-electron chi connectivity index (χ1n) is 3.67. The molecule has 0 radical (unpaired) electrons. The molecule has 77 valence electrons. The van der Waals surface area contributed by atoms with Crippen LogP contribution in [-0.2, 0) is 12.9 Å². The summed E-state index contributed by atoms with van der Waals surface area (Å²) in [5.41, 5.74) is 7.44. The molecule has 1 heterocycles. The van der Waals surface area contributed by atoms with E-state index in [4.69, 9.17) is 26.0 Å². The molecule has 0 spiro atoms. The molecule has 0 aliphatic carbocycles. The molecule has 1 aromatic rings. The number of pyridine rings is 1. The number of nitrogens with two attached hydrogens (primary N) is 1. The zero-order chi connectivity index (χ0) is 10.3. The molecule has 0 atom stereocenters. The van der Waals surface area contributed by atoms with Gasteiger partial charge in [0.1, 0.15) is 0 Å². The number of hydrogen-bond acceptors (Lipinski definition) is 2. The number of aromatic nitrogens is 1. The number of hydrogen-bond donors (Lipinski definition) is 1. The summed E-state index contributed by atoms with van der Waals surface area (Å²) in [5.74, 6) is 0.418. The zero-order valence-electron chi connectivity index (χ0n) is 7.42. The van der Waals surface area contributed by atoms with Crippen molar-refractivity contribution in [3.05, 3.63) is 24.0 Å². The van der Waals surface area contributed by atoms with Crippen LogP contribution in [0.4, 0.5) is 5.69 Å². The number of rotatable bonds is 1. The number of anilines is 1. The molecular weight excluding hydrogens is 254 g/mol. The van der Waals surface area contributed by atoms with E-state index in [1.54, 1.807) is 6.20 Å². The van der Waals surface area contributed by atoms with E-state index in [0.29, 0.717) is 18.8 Å². The Morgan fingerprint density at radius 2 is 2.00 bits per heavy atom. The summed E-state index contributed by atoms with van der Waals surface area (Å²) in [6.45, 7) is 4.16. The molecule has 2 nitrogen and oxygen atoms in total. The van der Waals surface area contributed by atoms with Crippen LogP contribution in [0.1, 0.15) is 25.5 Å². The SMILES string of the molecule is CC(C)c1ncccc1N.[Cl][Co][Cl]. The van der Waals surface area contributed by atoms with Crippen molar-refractivity contribution in [2.24, 2.45) is 0 Å². The van der Waals surface area contributed by atoms with Gasteiger partial charge < -0.3 is 5.73 Å². The molecule has 5 heteroatoms.